The summed E-state index contributed by atoms with van der Waals surface area (Å²) in [5.41, 5.74) is 0.550. The van der Waals surface area contributed by atoms with Gasteiger partial charge in [-0.2, -0.15) is 5.26 Å². The molecule has 1 N–H and O–H groups in total. The number of halogens is 1. The summed E-state index contributed by atoms with van der Waals surface area (Å²) in [4.78, 5) is 15.9. The summed E-state index contributed by atoms with van der Waals surface area (Å²) in [5, 5.41) is 18.3. The minimum atomic E-state index is -0.666. The Morgan fingerprint density at radius 3 is 2.60 bits per heavy atom. The molecule has 1 amide bonds. The number of amides is 1. The Balaban J connectivity index is 1.91. The van der Waals surface area contributed by atoms with Gasteiger partial charge in [-0.25, -0.2) is 9.18 Å². The zero-order valence-electron chi connectivity index (χ0n) is 17.7. The highest BCUT2D eigenvalue weighted by atomic mass is 19.1. The molecule has 1 fully saturated rings. The molecule has 7 nitrogen and oxygen atoms in total. The number of carbonyl (C=O) groups excluding carboxylic acids is 1. The van der Waals surface area contributed by atoms with Crippen molar-refractivity contribution >= 4 is 11.8 Å². The summed E-state index contributed by atoms with van der Waals surface area (Å²) in [6.45, 7) is 10.5. The van der Waals surface area contributed by atoms with Gasteiger partial charge in [0.15, 0.2) is 6.61 Å². The quantitative estimate of drug-likeness (QED) is 0.809. The van der Waals surface area contributed by atoms with Crippen molar-refractivity contribution in [2.45, 2.75) is 44.6 Å². The van der Waals surface area contributed by atoms with E-state index in [0.29, 0.717) is 42.9 Å². The van der Waals surface area contributed by atoms with E-state index in [9.17, 15) is 9.90 Å². The molecule has 1 aromatic rings. The van der Waals surface area contributed by atoms with Gasteiger partial charge in [0.25, 0.3) is 0 Å². The molecule has 162 valence electrons. The molecular weight excluding hydrogens is 389 g/mol. The monoisotopic (exact) mass is 417 g/mol. The fourth-order valence-corrected chi connectivity index (χ4v) is 4.29. The lowest BCUT2D eigenvalue weighted by molar-refractivity contribution is 0.0179. The number of β-amino-alcohol motifs (C(OH)–C–C–N with tert-alkyl or cyclic N) is 1. The number of aliphatic hydroxyl groups is 1. The lowest BCUT2D eigenvalue weighted by Crippen LogP contribution is -2.47. The van der Waals surface area contributed by atoms with Crippen LogP contribution in [0.1, 0.15) is 39.2 Å². The molecule has 30 heavy (non-hydrogen) atoms. The van der Waals surface area contributed by atoms with Crippen LogP contribution in [0.5, 0.6) is 5.75 Å². The van der Waals surface area contributed by atoms with Gasteiger partial charge in [-0.05, 0) is 33.6 Å². The van der Waals surface area contributed by atoms with Gasteiger partial charge < -0.3 is 24.4 Å². The maximum absolute atomic E-state index is 15.3. The Morgan fingerprint density at radius 2 is 2.03 bits per heavy atom. The van der Waals surface area contributed by atoms with Crippen LogP contribution in [-0.2, 0) is 10.2 Å². The number of rotatable bonds is 4. The van der Waals surface area contributed by atoms with Crippen LogP contribution in [0.25, 0.3) is 0 Å². The first-order chi connectivity index (χ1) is 14.1. The third kappa shape index (κ3) is 3.94. The van der Waals surface area contributed by atoms with Crippen LogP contribution in [-0.4, -0.2) is 54.5 Å². The van der Waals surface area contributed by atoms with Crippen molar-refractivity contribution in [1.82, 2.24) is 4.90 Å². The molecular formula is C22H28FN3O4. The van der Waals surface area contributed by atoms with Crippen molar-refractivity contribution < 1.29 is 23.8 Å². The summed E-state index contributed by atoms with van der Waals surface area (Å²) in [6, 6.07) is 4.84. The number of hydrogen-bond donors (Lipinski definition) is 1. The smallest absolute Gasteiger partial charge is 0.410 e. The number of piperidine rings is 1. The third-order valence-electron chi connectivity index (χ3n) is 5.59. The SMILES string of the molecule is C=C1N(CCO)c2cc(OCC#N)cc(F)c2C12CCN(C(=O)OC(C)(C)C)CC2. The van der Waals surface area contributed by atoms with E-state index in [4.69, 9.17) is 14.7 Å². The van der Waals surface area contributed by atoms with Gasteiger partial charge in [-0.15, -0.1) is 0 Å². The fraction of sp³-hybridized carbons (Fsp3) is 0.545. The van der Waals surface area contributed by atoms with Crippen molar-refractivity contribution in [3.8, 4) is 11.8 Å². The number of likely N-dealkylation sites (tertiary alicyclic amines) is 1. The maximum atomic E-state index is 15.3. The highest BCUT2D eigenvalue weighted by molar-refractivity contribution is 5.74. The number of aliphatic hydroxyl groups excluding tert-OH is 1. The topological polar surface area (TPSA) is 86.0 Å². The van der Waals surface area contributed by atoms with Crippen molar-refractivity contribution in [3.63, 3.8) is 0 Å². The standard InChI is InChI=1S/C22H28FN3O4/c1-15-22(5-8-25(9-6-22)20(28)30-21(2,3)4)19-17(23)13-16(29-12-7-24)14-18(19)26(15)10-11-27/h13-14,27H,1,5-6,8-12H2,2-4H3. The molecule has 2 heterocycles. The van der Waals surface area contributed by atoms with Crippen LogP contribution in [0.15, 0.2) is 24.4 Å². The van der Waals surface area contributed by atoms with E-state index >= 15 is 4.39 Å². The first-order valence-electron chi connectivity index (χ1n) is 10.0. The highest BCUT2D eigenvalue weighted by Gasteiger charge is 2.50. The van der Waals surface area contributed by atoms with Gasteiger partial charge in [-0.3, -0.25) is 0 Å². The van der Waals surface area contributed by atoms with Crippen LogP contribution in [0.4, 0.5) is 14.9 Å². The summed E-state index contributed by atoms with van der Waals surface area (Å²) in [5.74, 6) is -0.181. The Kier molecular flexibility index (Phi) is 5.95. The molecule has 1 saturated heterocycles. The molecule has 1 spiro atoms. The minimum Gasteiger partial charge on any atom is -0.479 e. The summed E-state index contributed by atoms with van der Waals surface area (Å²) in [6.07, 6.45) is 0.610. The second kappa shape index (κ2) is 8.15. The van der Waals surface area contributed by atoms with Crippen LogP contribution in [0.2, 0.25) is 0 Å². The Labute approximate surface area is 176 Å². The number of benzene rings is 1. The number of fused-ring (bicyclic) bond motifs is 2. The molecule has 0 unspecified atom stereocenters. The van der Waals surface area contributed by atoms with Crippen molar-refractivity contribution in [2.75, 3.05) is 37.7 Å². The zero-order valence-corrected chi connectivity index (χ0v) is 17.7. The van der Waals surface area contributed by atoms with Gasteiger partial charge >= 0.3 is 6.09 Å². The molecule has 0 radical (unpaired) electrons. The van der Waals surface area contributed by atoms with E-state index in [1.807, 2.05) is 26.8 Å². The second-order valence-electron chi connectivity index (χ2n) is 8.62. The maximum Gasteiger partial charge on any atom is 0.410 e. The minimum absolute atomic E-state index is 0.122. The molecule has 0 atom stereocenters. The van der Waals surface area contributed by atoms with Crippen molar-refractivity contribution in [1.29, 1.82) is 5.26 Å². The number of hydrogen-bond acceptors (Lipinski definition) is 6. The van der Waals surface area contributed by atoms with Gasteiger partial charge in [0, 0.05) is 48.4 Å². The molecule has 0 saturated carbocycles. The number of ether oxygens (including phenoxy) is 2. The normalized spacial score (nSPS) is 17.7. The third-order valence-corrected chi connectivity index (χ3v) is 5.59. The average Bonchev–Trinajstić information content (AvgIpc) is 2.89. The Bertz CT molecular complexity index is 880. The fourth-order valence-electron chi connectivity index (χ4n) is 4.29. The first kappa shape index (κ1) is 21.9. The van der Waals surface area contributed by atoms with Gasteiger partial charge in [0.1, 0.15) is 23.2 Å². The lowest BCUT2D eigenvalue weighted by atomic mass is 9.72. The van der Waals surface area contributed by atoms with E-state index in [0.717, 1.165) is 0 Å². The number of allylic oxidation sites excluding steroid dienone is 1. The predicted molar refractivity (Wildman–Crippen MR) is 110 cm³/mol. The zero-order chi connectivity index (χ0) is 22.1. The average molecular weight is 417 g/mol. The van der Waals surface area contributed by atoms with Gasteiger partial charge in [0.05, 0.1) is 12.3 Å². The van der Waals surface area contributed by atoms with Crippen molar-refractivity contribution in [3.05, 3.63) is 35.8 Å². The van der Waals surface area contributed by atoms with Crippen LogP contribution in [0.3, 0.4) is 0 Å². The van der Waals surface area contributed by atoms with Crippen molar-refractivity contribution in [2.24, 2.45) is 0 Å². The molecule has 0 aromatic heterocycles. The largest absolute Gasteiger partial charge is 0.479 e. The summed E-state index contributed by atoms with van der Waals surface area (Å²) < 4.78 is 26.0. The molecule has 3 rings (SSSR count). The molecule has 2 aliphatic heterocycles. The number of nitrogens with zero attached hydrogens (tertiary/aromatic N) is 3. The predicted octanol–water partition coefficient (Wildman–Crippen LogP) is 3.32. The second-order valence-corrected chi connectivity index (χ2v) is 8.62. The summed E-state index contributed by atoms with van der Waals surface area (Å²) >= 11 is 0. The molecule has 2 aliphatic rings. The van der Waals surface area contributed by atoms with E-state index < -0.39 is 16.8 Å². The van der Waals surface area contributed by atoms with Crippen LogP contribution < -0.4 is 9.64 Å². The molecule has 0 aliphatic carbocycles. The van der Waals surface area contributed by atoms with Crippen LogP contribution >= 0.6 is 0 Å². The lowest BCUT2D eigenvalue weighted by Gasteiger charge is -2.41. The van der Waals surface area contributed by atoms with Gasteiger partial charge in [0.2, 0.25) is 0 Å². The Morgan fingerprint density at radius 1 is 1.37 bits per heavy atom. The van der Waals surface area contributed by atoms with E-state index in [-0.39, 0.29) is 31.6 Å². The highest BCUT2D eigenvalue weighted by Crippen LogP contribution is 2.54. The number of nitriles is 1. The van der Waals surface area contributed by atoms with E-state index in [1.165, 1.54) is 6.07 Å². The molecule has 0 bridgehead atoms. The van der Waals surface area contributed by atoms with E-state index in [2.05, 4.69) is 6.58 Å². The van der Waals surface area contributed by atoms with Crippen LogP contribution in [0, 0.1) is 17.1 Å². The number of carbonyl (C=O) groups is 1. The summed E-state index contributed by atoms with van der Waals surface area (Å²) in [7, 11) is 0. The molecule has 1 aromatic carbocycles. The van der Waals surface area contributed by atoms with E-state index in [1.54, 1.807) is 15.9 Å². The Hall–Kier alpha value is -2.79. The molecule has 8 heteroatoms. The van der Waals surface area contributed by atoms with Gasteiger partial charge in [-0.1, -0.05) is 6.58 Å². The first-order valence-corrected chi connectivity index (χ1v) is 10.0. The number of anilines is 1.